The first-order valence-electron chi connectivity index (χ1n) is 11.0. The number of aromatic nitrogens is 4. The number of carbonyl (C=O) groups excluding carboxylic acids is 1. The lowest BCUT2D eigenvalue weighted by Gasteiger charge is -2.08. The highest BCUT2D eigenvalue weighted by Crippen LogP contribution is 2.25. The number of hydrogen-bond donors (Lipinski definition) is 1. The Balaban J connectivity index is 1.34. The van der Waals surface area contributed by atoms with E-state index in [0.29, 0.717) is 61.3 Å². The lowest BCUT2D eigenvalue weighted by Crippen LogP contribution is -2.18. The maximum absolute atomic E-state index is 12.6. The van der Waals surface area contributed by atoms with Crippen molar-refractivity contribution in [2.24, 2.45) is 7.05 Å². The molecule has 4 rings (SSSR count). The minimum atomic E-state index is -0.376. The average molecular weight is 479 g/mol. The van der Waals surface area contributed by atoms with Crippen molar-refractivity contribution in [3.8, 4) is 17.3 Å². The summed E-state index contributed by atoms with van der Waals surface area (Å²) in [4.78, 5) is 32.7. The maximum Gasteiger partial charge on any atom is 0.274 e. The van der Waals surface area contributed by atoms with E-state index in [0.717, 1.165) is 0 Å². The standard InChI is InChI=1S/C24H25N5O6/c1-3-32-10-11-33-12-13-34-17-5-6-18(25-15-17)23(31)26-16-4-8-21-20(14-16)27-24(35-21)19-7-9-22(30)29(2)28-19/h4-9,14-15H,3,10-13H2,1-2H3,(H,26,31). The highest BCUT2D eigenvalue weighted by Gasteiger charge is 2.13. The summed E-state index contributed by atoms with van der Waals surface area (Å²) in [6.07, 6.45) is 1.49. The van der Waals surface area contributed by atoms with Crippen LogP contribution in [0, 0.1) is 0 Å². The predicted octanol–water partition coefficient (Wildman–Crippen LogP) is 2.67. The summed E-state index contributed by atoms with van der Waals surface area (Å²) in [7, 11) is 1.55. The van der Waals surface area contributed by atoms with Gasteiger partial charge in [-0.15, -0.1) is 0 Å². The molecular weight excluding hydrogens is 454 g/mol. The van der Waals surface area contributed by atoms with Crippen molar-refractivity contribution >= 4 is 22.7 Å². The number of ether oxygens (including phenoxy) is 3. The number of oxazole rings is 1. The van der Waals surface area contributed by atoms with Gasteiger partial charge in [0.05, 0.1) is 26.0 Å². The molecule has 0 radical (unpaired) electrons. The van der Waals surface area contributed by atoms with E-state index in [2.05, 4.69) is 20.4 Å². The third-order valence-electron chi connectivity index (χ3n) is 4.87. The molecule has 0 aliphatic heterocycles. The molecule has 1 N–H and O–H groups in total. The third kappa shape index (κ3) is 6.28. The Morgan fingerprint density at radius 2 is 1.89 bits per heavy atom. The Hall–Kier alpha value is -4.09. The van der Waals surface area contributed by atoms with Crippen LogP contribution in [0.2, 0.25) is 0 Å². The second-order valence-corrected chi connectivity index (χ2v) is 7.37. The zero-order valence-corrected chi connectivity index (χ0v) is 19.4. The van der Waals surface area contributed by atoms with Crippen LogP contribution < -0.4 is 15.6 Å². The number of fused-ring (bicyclic) bond motifs is 1. The van der Waals surface area contributed by atoms with Gasteiger partial charge in [-0.1, -0.05) is 0 Å². The van der Waals surface area contributed by atoms with Crippen LogP contribution in [0.4, 0.5) is 5.69 Å². The van der Waals surface area contributed by atoms with E-state index >= 15 is 0 Å². The molecule has 35 heavy (non-hydrogen) atoms. The molecule has 0 saturated carbocycles. The number of amides is 1. The normalized spacial score (nSPS) is 11.0. The first kappa shape index (κ1) is 24.0. The van der Waals surface area contributed by atoms with Crippen molar-refractivity contribution in [1.82, 2.24) is 19.7 Å². The SMILES string of the molecule is CCOCCOCCOc1ccc(C(=O)Nc2ccc3oc(-c4ccc(=O)n(C)n4)nc3c2)nc1. The molecule has 0 aliphatic carbocycles. The van der Waals surface area contributed by atoms with Crippen LogP contribution >= 0.6 is 0 Å². The minimum Gasteiger partial charge on any atom is -0.490 e. The molecular formula is C24H25N5O6. The number of aryl methyl sites for hydroxylation is 1. The first-order chi connectivity index (χ1) is 17.0. The van der Waals surface area contributed by atoms with E-state index in [1.54, 1.807) is 43.4 Å². The van der Waals surface area contributed by atoms with Crippen LogP contribution in [0.5, 0.6) is 5.75 Å². The van der Waals surface area contributed by atoms with Crippen LogP contribution in [0.3, 0.4) is 0 Å². The van der Waals surface area contributed by atoms with Crippen LogP contribution in [0.15, 0.2) is 57.9 Å². The van der Waals surface area contributed by atoms with E-state index in [-0.39, 0.29) is 23.1 Å². The largest absolute Gasteiger partial charge is 0.490 e. The summed E-state index contributed by atoms with van der Waals surface area (Å²) in [5.41, 5.74) is 2.02. The van der Waals surface area contributed by atoms with Gasteiger partial charge in [-0.3, -0.25) is 9.59 Å². The van der Waals surface area contributed by atoms with Crippen molar-refractivity contribution in [3.05, 3.63) is 64.7 Å². The van der Waals surface area contributed by atoms with Gasteiger partial charge in [0, 0.05) is 25.4 Å². The van der Waals surface area contributed by atoms with Gasteiger partial charge >= 0.3 is 0 Å². The summed E-state index contributed by atoms with van der Waals surface area (Å²) in [5, 5.41) is 6.94. The van der Waals surface area contributed by atoms with Crippen molar-refractivity contribution in [1.29, 1.82) is 0 Å². The summed E-state index contributed by atoms with van der Waals surface area (Å²) >= 11 is 0. The van der Waals surface area contributed by atoms with E-state index in [1.165, 1.54) is 16.9 Å². The average Bonchev–Trinajstić information content (AvgIpc) is 3.29. The number of rotatable bonds is 11. The molecule has 0 saturated heterocycles. The number of carbonyl (C=O) groups is 1. The molecule has 0 atom stereocenters. The van der Waals surface area contributed by atoms with Gasteiger partial charge < -0.3 is 23.9 Å². The summed E-state index contributed by atoms with van der Waals surface area (Å²) in [5.74, 6) is 0.438. The Labute approximate surface area is 200 Å². The van der Waals surface area contributed by atoms with Gasteiger partial charge in [-0.05, 0) is 43.3 Å². The zero-order valence-electron chi connectivity index (χ0n) is 19.4. The highest BCUT2D eigenvalue weighted by molar-refractivity contribution is 6.03. The van der Waals surface area contributed by atoms with Gasteiger partial charge in [-0.25, -0.2) is 14.6 Å². The number of anilines is 1. The summed E-state index contributed by atoms with van der Waals surface area (Å²) in [6.45, 7) is 4.46. The Kier molecular flexibility index (Phi) is 7.81. The molecule has 3 aromatic heterocycles. The van der Waals surface area contributed by atoms with Crippen molar-refractivity contribution in [2.45, 2.75) is 6.92 Å². The monoisotopic (exact) mass is 479 g/mol. The molecule has 1 aromatic carbocycles. The van der Waals surface area contributed by atoms with Gasteiger partial charge in [-0.2, -0.15) is 5.10 Å². The number of benzene rings is 1. The number of pyridine rings is 1. The molecule has 182 valence electrons. The minimum absolute atomic E-state index is 0.231. The van der Waals surface area contributed by atoms with E-state index in [4.69, 9.17) is 18.6 Å². The lowest BCUT2D eigenvalue weighted by molar-refractivity contribution is 0.0404. The van der Waals surface area contributed by atoms with Crippen molar-refractivity contribution in [2.75, 3.05) is 38.4 Å². The quantitative estimate of drug-likeness (QED) is 0.323. The summed E-state index contributed by atoms with van der Waals surface area (Å²) < 4.78 is 23.1. The van der Waals surface area contributed by atoms with Crippen LogP contribution in [0.25, 0.3) is 22.7 Å². The Bertz CT molecular complexity index is 1350. The van der Waals surface area contributed by atoms with Crippen molar-refractivity contribution < 1.29 is 23.4 Å². The molecule has 11 nitrogen and oxygen atoms in total. The number of hydrogen-bond acceptors (Lipinski definition) is 9. The molecule has 0 spiro atoms. The predicted molar refractivity (Wildman–Crippen MR) is 127 cm³/mol. The number of nitrogens with one attached hydrogen (secondary N) is 1. The van der Waals surface area contributed by atoms with E-state index < -0.39 is 0 Å². The van der Waals surface area contributed by atoms with Crippen LogP contribution in [-0.4, -0.2) is 58.7 Å². The fourth-order valence-corrected chi connectivity index (χ4v) is 3.11. The lowest BCUT2D eigenvalue weighted by atomic mass is 10.2. The second kappa shape index (κ2) is 11.4. The molecule has 3 heterocycles. The molecule has 4 aromatic rings. The first-order valence-corrected chi connectivity index (χ1v) is 11.0. The molecule has 1 amide bonds. The smallest absolute Gasteiger partial charge is 0.274 e. The highest BCUT2D eigenvalue weighted by atomic mass is 16.5. The Morgan fingerprint density at radius 3 is 2.66 bits per heavy atom. The van der Waals surface area contributed by atoms with Gasteiger partial charge in [0.1, 0.15) is 29.3 Å². The van der Waals surface area contributed by atoms with Gasteiger partial charge in [0.15, 0.2) is 5.58 Å². The molecule has 0 unspecified atom stereocenters. The topological polar surface area (TPSA) is 131 Å². The maximum atomic E-state index is 12.6. The van der Waals surface area contributed by atoms with Gasteiger partial charge in [0.2, 0.25) is 5.89 Å². The van der Waals surface area contributed by atoms with Crippen molar-refractivity contribution in [3.63, 3.8) is 0 Å². The van der Waals surface area contributed by atoms with E-state index in [9.17, 15) is 9.59 Å². The van der Waals surface area contributed by atoms with Crippen LogP contribution in [-0.2, 0) is 16.5 Å². The summed E-state index contributed by atoms with van der Waals surface area (Å²) in [6, 6.07) is 11.3. The van der Waals surface area contributed by atoms with Gasteiger partial charge in [0.25, 0.3) is 11.5 Å². The van der Waals surface area contributed by atoms with E-state index in [1.807, 2.05) is 6.92 Å². The fourth-order valence-electron chi connectivity index (χ4n) is 3.11. The molecule has 11 heteroatoms. The Morgan fingerprint density at radius 1 is 1.06 bits per heavy atom. The molecule has 0 bridgehead atoms. The number of nitrogens with zero attached hydrogens (tertiary/aromatic N) is 4. The molecule has 0 aliphatic rings. The molecule has 0 fully saturated rings. The fraction of sp³-hybridized carbons (Fsp3) is 0.292. The zero-order chi connectivity index (χ0) is 24.6. The third-order valence-corrected chi connectivity index (χ3v) is 4.87. The second-order valence-electron chi connectivity index (χ2n) is 7.37. The van der Waals surface area contributed by atoms with Crippen LogP contribution in [0.1, 0.15) is 17.4 Å².